The molecule has 0 saturated heterocycles. The van der Waals surface area contributed by atoms with Gasteiger partial charge >= 0.3 is 0 Å². The summed E-state index contributed by atoms with van der Waals surface area (Å²) >= 11 is 0. The largest absolute Gasteiger partial charge is 0.504 e. The fraction of sp³-hybridized carbons (Fsp3) is 0.200. The van der Waals surface area contributed by atoms with Crippen LogP contribution in [0.15, 0.2) is 46.6 Å². The molecule has 10 nitrogen and oxygen atoms in total. The van der Waals surface area contributed by atoms with E-state index in [2.05, 4.69) is 21.1 Å². The molecule has 0 aliphatic heterocycles. The van der Waals surface area contributed by atoms with Crippen molar-refractivity contribution >= 4 is 23.2 Å². The van der Waals surface area contributed by atoms with Gasteiger partial charge in [-0.25, -0.2) is 10.9 Å². The molecule has 2 amide bonds. The zero-order valence-corrected chi connectivity index (χ0v) is 16.9. The van der Waals surface area contributed by atoms with Gasteiger partial charge in [0.25, 0.3) is 11.8 Å². The van der Waals surface area contributed by atoms with Gasteiger partial charge in [0.2, 0.25) is 0 Å². The highest BCUT2D eigenvalue weighted by molar-refractivity contribution is 6.40. The van der Waals surface area contributed by atoms with E-state index < -0.39 is 11.8 Å². The third-order valence-electron chi connectivity index (χ3n) is 4.10. The summed E-state index contributed by atoms with van der Waals surface area (Å²) < 4.78 is 9.93. The maximum atomic E-state index is 12.2. The molecule has 0 aliphatic rings. The Balaban J connectivity index is 2.07. The molecule has 0 fully saturated rings. The Kier molecular flexibility index (Phi) is 7.34. The predicted octanol–water partition coefficient (Wildman–Crippen LogP) is 2.03. The van der Waals surface area contributed by atoms with E-state index in [9.17, 15) is 19.8 Å². The first-order valence-electron chi connectivity index (χ1n) is 8.71. The number of nitrogens with zero attached hydrogens (tertiary/aromatic N) is 2. The number of hydrogen-bond donors (Lipinski definition) is 4. The van der Waals surface area contributed by atoms with Gasteiger partial charge in [-0.1, -0.05) is 12.1 Å². The first kappa shape index (κ1) is 22.2. The average molecular weight is 414 g/mol. The van der Waals surface area contributed by atoms with Crippen LogP contribution in [-0.4, -0.2) is 47.7 Å². The lowest BCUT2D eigenvalue weighted by molar-refractivity contribution is 0.0942. The van der Waals surface area contributed by atoms with Gasteiger partial charge in [-0.3, -0.25) is 9.59 Å². The Morgan fingerprint density at radius 3 is 1.47 bits per heavy atom. The summed E-state index contributed by atoms with van der Waals surface area (Å²) in [4.78, 5) is 24.5. The molecule has 4 N–H and O–H groups in total. The number of carbonyl (C=O) groups excluding carboxylic acids is 2. The van der Waals surface area contributed by atoms with Crippen molar-refractivity contribution < 1.29 is 29.3 Å². The lowest BCUT2D eigenvalue weighted by Crippen LogP contribution is -2.24. The molecule has 0 atom stereocenters. The summed E-state index contributed by atoms with van der Waals surface area (Å²) in [5, 5.41) is 27.8. The standard InChI is InChI=1S/C20H22N4O6/c1-11(21-23-19(27)13-7-5-9-15(29-3)17(13)25)12(2)22-24-20(28)14-8-6-10-16(30-4)18(14)26/h5-10,25-26H,1-4H3,(H,23,27)(H,24,28)/b21-11-,22-12-. The summed E-state index contributed by atoms with van der Waals surface area (Å²) in [7, 11) is 2.75. The van der Waals surface area contributed by atoms with Gasteiger partial charge in [0.05, 0.1) is 36.8 Å². The van der Waals surface area contributed by atoms with E-state index >= 15 is 0 Å². The molecular formula is C20H22N4O6. The third-order valence-corrected chi connectivity index (χ3v) is 4.10. The van der Waals surface area contributed by atoms with Crippen molar-refractivity contribution in [3.63, 3.8) is 0 Å². The van der Waals surface area contributed by atoms with Crippen LogP contribution in [0, 0.1) is 0 Å². The molecule has 2 aromatic rings. The number of phenolic OH excluding ortho intramolecular Hbond substituents is 2. The molecule has 0 aliphatic carbocycles. The number of nitrogens with one attached hydrogen (secondary N) is 2. The van der Waals surface area contributed by atoms with Gasteiger partial charge in [0.1, 0.15) is 0 Å². The summed E-state index contributed by atoms with van der Waals surface area (Å²) in [6.45, 7) is 3.14. The van der Waals surface area contributed by atoms with Crippen molar-refractivity contribution in [2.45, 2.75) is 13.8 Å². The fourth-order valence-electron chi connectivity index (χ4n) is 2.29. The van der Waals surface area contributed by atoms with Crippen LogP contribution < -0.4 is 20.3 Å². The number of amides is 2. The number of hydrogen-bond acceptors (Lipinski definition) is 8. The van der Waals surface area contributed by atoms with Crippen LogP contribution in [0.3, 0.4) is 0 Å². The van der Waals surface area contributed by atoms with Gasteiger partial charge in [-0.05, 0) is 38.1 Å². The summed E-state index contributed by atoms with van der Waals surface area (Å²) in [5.41, 5.74) is 5.19. The van der Waals surface area contributed by atoms with Crippen LogP contribution in [0.2, 0.25) is 0 Å². The minimum absolute atomic E-state index is 0.0118. The SMILES string of the molecule is COc1cccc(C(=O)N/N=C(C)\C(C)=N/NC(=O)c2cccc(OC)c2O)c1O. The Morgan fingerprint density at radius 1 is 0.767 bits per heavy atom. The number of carbonyl (C=O) groups is 2. The Labute approximate surface area is 172 Å². The molecule has 2 rings (SSSR count). The predicted molar refractivity (Wildman–Crippen MR) is 110 cm³/mol. The smallest absolute Gasteiger partial charge is 0.275 e. The summed E-state index contributed by atoms with van der Waals surface area (Å²) in [6, 6.07) is 8.97. The third kappa shape index (κ3) is 5.04. The van der Waals surface area contributed by atoms with Gasteiger partial charge in [-0.15, -0.1) is 0 Å². The van der Waals surface area contributed by atoms with Crippen molar-refractivity contribution in [3.8, 4) is 23.0 Å². The van der Waals surface area contributed by atoms with Gasteiger partial charge in [-0.2, -0.15) is 10.2 Å². The second-order valence-electron chi connectivity index (χ2n) is 5.99. The number of para-hydroxylation sites is 2. The first-order valence-corrected chi connectivity index (χ1v) is 8.71. The van der Waals surface area contributed by atoms with Crippen LogP contribution >= 0.6 is 0 Å². The van der Waals surface area contributed by atoms with Crippen molar-refractivity contribution in [3.05, 3.63) is 47.5 Å². The number of aromatic hydroxyl groups is 2. The highest BCUT2D eigenvalue weighted by atomic mass is 16.5. The van der Waals surface area contributed by atoms with E-state index in [1.54, 1.807) is 26.0 Å². The van der Waals surface area contributed by atoms with Crippen LogP contribution in [0.4, 0.5) is 0 Å². The Morgan fingerprint density at radius 2 is 1.13 bits per heavy atom. The molecule has 30 heavy (non-hydrogen) atoms. The minimum atomic E-state index is -0.649. The highest BCUT2D eigenvalue weighted by Crippen LogP contribution is 2.30. The maximum Gasteiger partial charge on any atom is 0.275 e. The number of ether oxygens (including phenoxy) is 2. The van der Waals surface area contributed by atoms with Crippen molar-refractivity contribution in [2.75, 3.05) is 14.2 Å². The number of rotatable bonds is 7. The molecule has 0 radical (unpaired) electrons. The van der Waals surface area contributed by atoms with E-state index in [1.165, 1.54) is 38.5 Å². The maximum absolute atomic E-state index is 12.2. The van der Waals surface area contributed by atoms with Crippen LogP contribution in [0.5, 0.6) is 23.0 Å². The Hall–Kier alpha value is -4.08. The average Bonchev–Trinajstić information content (AvgIpc) is 2.75. The van der Waals surface area contributed by atoms with E-state index in [4.69, 9.17) is 9.47 Å². The van der Waals surface area contributed by atoms with Crippen molar-refractivity contribution in [1.82, 2.24) is 10.9 Å². The molecule has 0 aromatic heterocycles. The second kappa shape index (κ2) is 9.92. The lowest BCUT2D eigenvalue weighted by atomic mass is 10.2. The lowest BCUT2D eigenvalue weighted by Gasteiger charge is -2.08. The zero-order valence-electron chi connectivity index (χ0n) is 16.9. The van der Waals surface area contributed by atoms with E-state index in [1.807, 2.05) is 0 Å². The van der Waals surface area contributed by atoms with Gasteiger partial charge in [0.15, 0.2) is 23.0 Å². The number of benzene rings is 2. The van der Waals surface area contributed by atoms with Gasteiger partial charge in [0, 0.05) is 0 Å². The normalized spacial score (nSPS) is 11.6. The highest BCUT2D eigenvalue weighted by Gasteiger charge is 2.16. The quantitative estimate of drug-likeness (QED) is 0.403. The molecule has 2 aromatic carbocycles. The molecule has 0 unspecified atom stereocenters. The number of phenols is 2. The van der Waals surface area contributed by atoms with Crippen LogP contribution in [0.25, 0.3) is 0 Å². The Bertz CT molecular complexity index is 935. The zero-order chi connectivity index (χ0) is 22.3. The molecule has 10 heteroatoms. The molecule has 0 spiro atoms. The molecule has 0 heterocycles. The van der Waals surface area contributed by atoms with Crippen LogP contribution in [0.1, 0.15) is 34.6 Å². The molecular weight excluding hydrogens is 392 g/mol. The molecule has 158 valence electrons. The van der Waals surface area contributed by atoms with E-state index in [0.29, 0.717) is 11.4 Å². The van der Waals surface area contributed by atoms with Crippen molar-refractivity contribution in [2.24, 2.45) is 10.2 Å². The monoisotopic (exact) mass is 414 g/mol. The molecule has 0 saturated carbocycles. The van der Waals surface area contributed by atoms with Crippen molar-refractivity contribution in [1.29, 1.82) is 0 Å². The second-order valence-corrected chi connectivity index (χ2v) is 5.99. The van der Waals surface area contributed by atoms with E-state index in [0.717, 1.165) is 0 Å². The fourth-order valence-corrected chi connectivity index (χ4v) is 2.29. The summed E-state index contributed by atoms with van der Waals surface area (Å²) in [5.74, 6) is -1.59. The number of methoxy groups -OCH3 is 2. The number of hydrazone groups is 2. The topological polar surface area (TPSA) is 142 Å². The van der Waals surface area contributed by atoms with Crippen LogP contribution in [-0.2, 0) is 0 Å². The van der Waals surface area contributed by atoms with E-state index in [-0.39, 0.29) is 34.1 Å². The molecule has 0 bridgehead atoms. The van der Waals surface area contributed by atoms with Gasteiger partial charge < -0.3 is 19.7 Å². The first-order chi connectivity index (χ1) is 14.3. The summed E-state index contributed by atoms with van der Waals surface area (Å²) in [6.07, 6.45) is 0. The minimum Gasteiger partial charge on any atom is -0.504 e.